The highest BCUT2D eigenvalue weighted by Gasteiger charge is 2.17. The van der Waals surface area contributed by atoms with E-state index >= 15 is 0 Å². The normalized spacial score (nSPS) is 11.0. The first-order valence-electron chi connectivity index (χ1n) is 7.21. The lowest BCUT2D eigenvalue weighted by Gasteiger charge is -2.20. The second-order valence-corrected chi connectivity index (χ2v) is 6.21. The van der Waals surface area contributed by atoms with Crippen molar-refractivity contribution in [1.82, 2.24) is 10.3 Å². The molecule has 0 atom stereocenters. The molecule has 0 radical (unpaired) electrons. The van der Waals surface area contributed by atoms with Crippen molar-refractivity contribution in [1.29, 1.82) is 0 Å². The molecule has 1 aromatic heterocycles. The van der Waals surface area contributed by atoms with Crippen LogP contribution in [-0.4, -0.2) is 22.3 Å². The molecule has 2 rings (SSSR count). The Morgan fingerprint density at radius 1 is 1.04 bits per heavy atom. The molecule has 0 fully saturated rings. The molecule has 0 aliphatic heterocycles. The van der Waals surface area contributed by atoms with Gasteiger partial charge in [0.05, 0.1) is 5.69 Å². The van der Waals surface area contributed by atoms with Gasteiger partial charge in [-0.1, -0.05) is 0 Å². The summed E-state index contributed by atoms with van der Waals surface area (Å²) in [7, 11) is 0. The highest BCUT2D eigenvalue weighted by atomic mass is 19.1. The van der Waals surface area contributed by atoms with Crippen molar-refractivity contribution in [2.45, 2.75) is 26.3 Å². The Kier molecular flexibility index (Phi) is 4.92. The first-order chi connectivity index (χ1) is 11.2. The Morgan fingerprint density at radius 2 is 1.75 bits per heavy atom. The van der Waals surface area contributed by atoms with Crippen LogP contribution in [0.3, 0.4) is 0 Å². The minimum absolute atomic E-state index is 0.0553. The van der Waals surface area contributed by atoms with Gasteiger partial charge in [0, 0.05) is 23.4 Å². The smallest absolute Gasteiger partial charge is 0.274 e. The monoisotopic (exact) mass is 333 g/mol. The summed E-state index contributed by atoms with van der Waals surface area (Å²) in [4.78, 5) is 28.1. The van der Waals surface area contributed by atoms with Crippen molar-refractivity contribution in [3.63, 3.8) is 0 Å². The lowest BCUT2D eigenvalue weighted by atomic mass is 10.1. The third kappa shape index (κ3) is 4.58. The number of aromatic nitrogens is 1. The van der Waals surface area contributed by atoms with Gasteiger partial charge >= 0.3 is 0 Å². The number of nitrogens with zero attached hydrogens (tertiary/aromatic N) is 1. The van der Waals surface area contributed by atoms with E-state index < -0.39 is 23.1 Å². The molecule has 0 bridgehead atoms. The number of pyridine rings is 1. The maximum Gasteiger partial charge on any atom is 0.274 e. The quantitative estimate of drug-likeness (QED) is 0.906. The molecule has 2 N–H and O–H groups in total. The molecule has 0 aliphatic carbocycles. The Hall–Kier alpha value is -2.83. The maximum atomic E-state index is 13.6. The van der Waals surface area contributed by atoms with Crippen molar-refractivity contribution in [3.05, 3.63) is 59.4 Å². The number of anilines is 1. The molecule has 7 heteroatoms. The van der Waals surface area contributed by atoms with Crippen LogP contribution in [0.2, 0.25) is 0 Å². The Morgan fingerprint density at radius 3 is 2.38 bits per heavy atom. The summed E-state index contributed by atoms with van der Waals surface area (Å²) in [5, 5.41) is 5.06. The topological polar surface area (TPSA) is 71.1 Å². The average Bonchev–Trinajstić information content (AvgIpc) is 2.48. The summed E-state index contributed by atoms with van der Waals surface area (Å²) in [6, 6.07) is 5.57. The van der Waals surface area contributed by atoms with E-state index in [-0.39, 0.29) is 22.9 Å². The fraction of sp³-hybridized carbons (Fsp3) is 0.235. The molecular weight excluding hydrogens is 316 g/mol. The van der Waals surface area contributed by atoms with Gasteiger partial charge in [0.15, 0.2) is 0 Å². The van der Waals surface area contributed by atoms with Crippen molar-refractivity contribution < 1.29 is 18.4 Å². The van der Waals surface area contributed by atoms with Gasteiger partial charge in [-0.05, 0) is 45.0 Å². The van der Waals surface area contributed by atoms with Crippen LogP contribution in [-0.2, 0) is 0 Å². The van der Waals surface area contributed by atoms with Crippen molar-refractivity contribution in [3.8, 4) is 0 Å². The second-order valence-electron chi connectivity index (χ2n) is 6.21. The van der Waals surface area contributed by atoms with Crippen molar-refractivity contribution >= 4 is 17.5 Å². The van der Waals surface area contributed by atoms with Gasteiger partial charge in [0.2, 0.25) is 0 Å². The third-order valence-electron chi connectivity index (χ3n) is 2.92. The largest absolute Gasteiger partial charge is 0.347 e. The predicted molar refractivity (Wildman–Crippen MR) is 85.8 cm³/mol. The van der Waals surface area contributed by atoms with Crippen LogP contribution >= 0.6 is 0 Å². The number of halogens is 2. The number of amides is 2. The van der Waals surface area contributed by atoms with Crippen molar-refractivity contribution in [2.24, 2.45) is 0 Å². The van der Waals surface area contributed by atoms with Gasteiger partial charge in [-0.15, -0.1) is 0 Å². The number of nitrogens with one attached hydrogen (secondary N) is 2. The van der Waals surface area contributed by atoms with Gasteiger partial charge in [0.25, 0.3) is 11.8 Å². The number of benzene rings is 1. The van der Waals surface area contributed by atoms with E-state index in [9.17, 15) is 18.4 Å². The van der Waals surface area contributed by atoms with Crippen LogP contribution in [0, 0.1) is 11.6 Å². The van der Waals surface area contributed by atoms with E-state index in [1.165, 1.54) is 18.3 Å². The van der Waals surface area contributed by atoms with Gasteiger partial charge in [-0.3, -0.25) is 14.6 Å². The van der Waals surface area contributed by atoms with Crippen LogP contribution in [0.5, 0.6) is 0 Å². The fourth-order valence-corrected chi connectivity index (χ4v) is 1.89. The van der Waals surface area contributed by atoms with E-state index in [0.717, 1.165) is 12.1 Å². The summed E-state index contributed by atoms with van der Waals surface area (Å²) in [6.45, 7) is 5.49. The zero-order valence-corrected chi connectivity index (χ0v) is 13.5. The number of carbonyl (C=O) groups is 2. The molecule has 0 unspecified atom stereocenters. The van der Waals surface area contributed by atoms with E-state index in [4.69, 9.17) is 0 Å². The molecule has 0 saturated carbocycles. The summed E-state index contributed by atoms with van der Waals surface area (Å²) in [5.41, 5.74) is -0.405. The first-order valence-corrected chi connectivity index (χ1v) is 7.21. The highest BCUT2D eigenvalue weighted by molar-refractivity contribution is 6.04. The Labute approximate surface area is 138 Å². The first kappa shape index (κ1) is 17.5. The highest BCUT2D eigenvalue weighted by Crippen LogP contribution is 2.16. The summed E-state index contributed by atoms with van der Waals surface area (Å²) in [5.74, 6) is -2.70. The lowest BCUT2D eigenvalue weighted by molar-refractivity contribution is 0.0919. The summed E-state index contributed by atoms with van der Waals surface area (Å²) in [6.07, 6.45) is 1.31. The summed E-state index contributed by atoms with van der Waals surface area (Å²) < 4.78 is 26.5. The van der Waals surface area contributed by atoms with E-state index in [1.807, 2.05) is 20.8 Å². The van der Waals surface area contributed by atoms with Gasteiger partial charge in [-0.2, -0.15) is 0 Å². The number of hydrogen-bond acceptors (Lipinski definition) is 3. The third-order valence-corrected chi connectivity index (χ3v) is 2.92. The lowest BCUT2D eigenvalue weighted by Crippen LogP contribution is -2.40. The van der Waals surface area contributed by atoms with E-state index in [0.29, 0.717) is 6.07 Å². The minimum atomic E-state index is -0.898. The predicted octanol–water partition coefficient (Wildman–Crippen LogP) is 3.14. The SMILES string of the molecule is CC(C)(C)NC(=O)c1ccnc(C(=O)Nc2ccc(F)cc2F)c1. The fourth-order valence-electron chi connectivity index (χ4n) is 1.89. The molecule has 5 nitrogen and oxygen atoms in total. The number of carbonyl (C=O) groups excluding carboxylic acids is 2. The minimum Gasteiger partial charge on any atom is -0.347 e. The van der Waals surface area contributed by atoms with Crippen molar-refractivity contribution in [2.75, 3.05) is 5.32 Å². The van der Waals surface area contributed by atoms with E-state index in [2.05, 4.69) is 15.6 Å². The second kappa shape index (κ2) is 6.74. The summed E-state index contributed by atoms with van der Waals surface area (Å²) >= 11 is 0. The molecule has 2 amide bonds. The molecule has 2 aromatic rings. The van der Waals surface area contributed by atoms with Crippen LogP contribution in [0.1, 0.15) is 41.6 Å². The van der Waals surface area contributed by atoms with Crippen LogP contribution < -0.4 is 10.6 Å². The molecule has 1 heterocycles. The number of hydrogen-bond donors (Lipinski definition) is 2. The van der Waals surface area contributed by atoms with Crippen LogP contribution in [0.15, 0.2) is 36.5 Å². The molecular formula is C17H17F2N3O2. The molecule has 1 aromatic carbocycles. The molecule has 24 heavy (non-hydrogen) atoms. The van der Waals surface area contributed by atoms with Gasteiger partial charge in [-0.25, -0.2) is 8.78 Å². The average molecular weight is 333 g/mol. The van der Waals surface area contributed by atoms with Gasteiger partial charge < -0.3 is 10.6 Å². The van der Waals surface area contributed by atoms with Crippen LogP contribution in [0.25, 0.3) is 0 Å². The molecule has 126 valence electrons. The zero-order chi connectivity index (χ0) is 17.9. The van der Waals surface area contributed by atoms with E-state index in [1.54, 1.807) is 0 Å². The molecule has 0 saturated heterocycles. The standard InChI is InChI=1S/C17H17F2N3O2/c1-17(2,3)22-15(23)10-6-7-20-14(8-10)16(24)21-13-5-4-11(18)9-12(13)19/h4-9H,1-3H3,(H,21,24)(H,22,23). The zero-order valence-electron chi connectivity index (χ0n) is 13.5. The van der Waals surface area contributed by atoms with Gasteiger partial charge in [0.1, 0.15) is 17.3 Å². The Balaban J connectivity index is 2.18. The maximum absolute atomic E-state index is 13.6. The Bertz CT molecular complexity index is 786. The number of rotatable bonds is 3. The molecule has 0 spiro atoms. The molecule has 0 aliphatic rings. The van der Waals surface area contributed by atoms with Crippen LogP contribution in [0.4, 0.5) is 14.5 Å².